The van der Waals surface area contributed by atoms with E-state index in [1.807, 2.05) is 68.4 Å². The lowest BCUT2D eigenvalue weighted by atomic mass is 9.86. The Kier molecular flexibility index (Phi) is 5.88. The Hall–Kier alpha value is -3.93. The Morgan fingerprint density at radius 2 is 1.88 bits per heavy atom. The van der Waals surface area contributed by atoms with Gasteiger partial charge in [0.2, 0.25) is 0 Å². The van der Waals surface area contributed by atoms with Gasteiger partial charge >= 0.3 is 0 Å². The lowest BCUT2D eigenvalue weighted by Crippen LogP contribution is -2.33. The number of pyridine rings is 1. The number of imidazole rings is 1. The molecule has 0 bridgehead atoms. The van der Waals surface area contributed by atoms with Crippen molar-refractivity contribution in [3.63, 3.8) is 0 Å². The number of ether oxygens (including phenoxy) is 2. The van der Waals surface area contributed by atoms with Gasteiger partial charge < -0.3 is 14.5 Å². The molecule has 1 atom stereocenters. The van der Waals surface area contributed by atoms with E-state index in [4.69, 9.17) is 9.47 Å². The Bertz CT molecular complexity index is 1280. The topological polar surface area (TPSA) is 77.1 Å². The van der Waals surface area contributed by atoms with Crippen LogP contribution in [0, 0.1) is 6.92 Å². The molecule has 2 heterocycles. The Morgan fingerprint density at radius 1 is 1.03 bits per heavy atom. The van der Waals surface area contributed by atoms with E-state index in [1.54, 1.807) is 18.6 Å². The zero-order valence-electron chi connectivity index (χ0n) is 19.4. The van der Waals surface area contributed by atoms with Gasteiger partial charge in [-0.25, -0.2) is 4.98 Å². The lowest BCUT2D eigenvalue weighted by Gasteiger charge is -2.32. The predicted molar refractivity (Wildman–Crippen MR) is 129 cm³/mol. The third-order valence-electron chi connectivity index (χ3n) is 6.38. The lowest BCUT2D eigenvalue weighted by molar-refractivity contribution is 0.0970. The van der Waals surface area contributed by atoms with E-state index < -0.39 is 5.60 Å². The Labute approximate surface area is 199 Å². The third kappa shape index (κ3) is 4.19. The second-order valence-electron chi connectivity index (χ2n) is 8.71. The van der Waals surface area contributed by atoms with Gasteiger partial charge in [0.15, 0.2) is 17.2 Å². The molecule has 2 aromatic carbocycles. The number of aryl methyl sites for hydroxylation is 1. The number of carbonyl (C=O) groups is 1. The van der Waals surface area contributed by atoms with Gasteiger partial charge in [0, 0.05) is 41.2 Å². The van der Waals surface area contributed by atoms with E-state index in [1.165, 1.54) is 0 Å². The second-order valence-corrected chi connectivity index (χ2v) is 8.71. The largest absolute Gasteiger partial charge is 0.487 e. The average Bonchev–Trinajstić information content (AvgIpc) is 3.41. The smallest absolute Gasteiger partial charge is 0.188 e. The molecule has 0 radical (unpaired) electrons. The first-order chi connectivity index (χ1) is 16.5. The summed E-state index contributed by atoms with van der Waals surface area (Å²) in [7, 11) is 0. The number of H-pyrrole nitrogens is 1. The maximum absolute atomic E-state index is 12.6. The SMILES string of the molecule is Cc1ccc(OCc2c(O[C@@](C)(c3ccccc3)c3ncc[nH]3)ccc3c2CCCC3=O)cn1. The molecule has 0 amide bonds. The fourth-order valence-electron chi connectivity index (χ4n) is 4.47. The highest BCUT2D eigenvalue weighted by atomic mass is 16.5. The van der Waals surface area contributed by atoms with Crippen molar-refractivity contribution in [3.05, 3.63) is 107 Å². The van der Waals surface area contributed by atoms with Crippen molar-refractivity contribution < 1.29 is 14.3 Å². The number of nitrogens with one attached hydrogen (secondary N) is 1. The molecule has 2 aromatic heterocycles. The molecule has 0 saturated carbocycles. The monoisotopic (exact) mass is 453 g/mol. The highest BCUT2D eigenvalue weighted by Gasteiger charge is 2.35. The van der Waals surface area contributed by atoms with Gasteiger partial charge in [-0.1, -0.05) is 30.3 Å². The van der Waals surface area contributed by atoms with E-state index in [0.717, 1.165) is 40.8 Å². The first kappa shape index (κ1) is 21.9. The van der Waals surface area contributed by atoms with Crippen molar-refractivity contribution in [2.24, 2.45) is 0 Å². The number of hydrogen-bond acceptors (Lipinski definition) is 5. The number of ketones is 1. The standard InChI is InChI=1S/C28H27N3O3/c1-19-11-12-21(17-31-19)33-18-24-22-9-6-10-25(32)23(22)13-14-26(24)34-28(2,27-29-15-16-30-27)20-7-4-3-5-8-20/h3-5,7-8,11-17H,6,9-10,18H2,1-2H3,(H,29,30)/t28-/m0/s1. The fourth-order valence-corrected chi connectivity index (χ4v) is 4.47. The van der Waals surface area contributed by atoms with E-state index in [9.17, 15) is 4.79 Å². The van der Waals surface area contributed by atoms with Crippen LogP contribution < -0.4 is 9.47 Å². The number of Topliss-reactive ketones (excluding diaryl/α,β-unsaturated/α-hetero) is 1. The highest BCUT2D eigenvalue weighted by molar-refractivity contribution is 5.99. The van der Waals surface area contributed by atoms with E-state index >= 15 is 0 Å². The van der Waals surface area contributed by atoms with Gasteiger partial charge in [0.25, 0.3) is 0 Å². The molecule has 0 saturated heterocycles. The summed E-state index contributed by atoms with van der Waals surface area (Å²) in [5.41, 5.74) is 3.68. The van der Waals surface area contributed by atoms with Crippen molar-refractivity contribution in [2.75, 3.05) is 0 Å². The van der Waals surface area contributed by atoms with E-state index in [0.29, 0.717) is 23.7 Å². The van der Waals surface area contributed by atoms with Crippen molar-refractivity contribution in [2.45, 2.75) is 45.3 Å². The molecule has 1 aliphatic carbocycles. The number of carbonyl (C=O) groups excluding carboxylic acids is 1. The maximum Gasteiger partial charge on any atom is 0.188 e. The molecule has 0 aliphatic heterocycles. The van der Waals surface area contributed by atoms with Gasteiger partial charge in [-0.05, 0) is 56.5 Å². The van der Waals surface area contributed by atoms with Gasteiger partial charge in [-0.2, -0.15) is 0 Å². The molecule has 0 spiro atoms. The summed E-state index contributed by atoms with van der Waals surface area (Å²) >= 11 is 0. The molecule has 34 heavy (non-hydrogen) atoms. The Morgan fingerprint density at radius 3 is 2.62 bits per heavy atom. The van der Waals surface area contributed by atoms with Crippen LogP contribution in [0.4, 0.5) is 0 Å². The molecule has 172 valence electrons. The number of benzene rings is 2. The quantitative estimate of drug-likeness (QED) is 0.397. The minimum atomic E-state index is -0.863. The molecule has 6 heteroatoms. The average molecular weight is 454 g/mol. The van der Waals surface area contributed by atoms with Gasteiger partial charge in [-0.15, -0.1) is 0 Å². The van der Waals surface area contributed by atoms with E-state index in [2.05, 4.69) is 15.0 Å². The Balaban J connectivity index is 1.57. The van der Waals surface area contributed by atoms with Gasteiger partial charge in [-0.3, -0.25) is 9.78 Å². The van der Waals surface area contributed by atoms with Crippen LogP contribution in [0.1, 0.15) is 58.3 Å². The van der Waals surface area contributed by atoms with Crippen LogP contribution in [0.3, 0.4) is 0 Å². The van der Waals surface area contributed by atoms with E-state index in [-0.39, 0.29) is 12.4 Å². The minimum Gasteiger partial charge on any atom is -0.487 e. The number of aromatic nitrogens is 3. The summed E-state index contributed by atoms with van der Waals surface area (Å²) in [5, 5.41) is 0. The molecule has 1 N–H and O–H groups in total. The van der Waals surface area contributed by atoms with Crippen molar-refractivity contribution in [3.8, 4) is 11.5 Å². The third-order valence-corrected chi connectivity index (χ3v) is 6.38. The normalized spacial score (nSPS) is 14.8. The molecular weight excluding hydrogens is 426 g/mol. The van der Waals surface area contributed by atoms with Crippen LogP contribution in [0.2, 0.25) is 0 Å². The fraction of sp³-hybridized carbons (Fsp3) is 0.250. The van der Waals surface area contributed by atoms with Crippen LogP contribution in [0.5, 0.6) is 11.5 Å². The molecule has 1 aliphatic rings. The first-order valence-corrected chi connectivity index (χ1v) is 11.5. The summed E-state index contributed by atoms with van der Waals surface area (Å²) in [6, 6.07) is 17.6. The first-order valence-electron chi connectivity index (χ1n) is 11.5. The molecule has 4 aromatic rings. The summed E-state index contributed by atoms with van der Waals surface area (Å²) in [4.78, 5) is 24.7. The number of fused-ring (bicyclic) bond motifs is 1. The van der Waals surface area contributed by atoms with Crippen LogP contribution in [0.25, 0.3) is 0 Å². The number of aromatic amines is 1. The molecule has 6 nitrogen and oxygen atoms in total. The number of rotatable bonds is 7. The van der Waals surface area contributed by atoms with Gasteiger partial charge in [0.05, 0.1) is 6.20 Å². The second kappa shape index (κ2) is 9.14. The predicted octanol–water partition coefficient (Wildman–Crippen LogP) is 5.55. The minimum absolute atomic E-state index is 0.169. The van der Waals surface area contributed by atoms with Gasteiger partial charge in [0.1, 0.15) is 18.1 Å². The molecule has 0 unspecified atom stereocenters. The van der Waals surface area contributed by atoms with Crippen LogP contribution in [-0.4, -0.2) is 20.7 Å². The van der Waals surface area contributed by atoms with Crippen LogP contribution in [0.15, 0.2) is 73.2 Å². The highest BCUT2D eigenvalue weighted by Crippen LogP contribution is 2.38. The zero-order chi connectivity index (χ0) is 23.5. The van der Waals surface area contributed by atoms with Crippen molar-refractivity contribution in [1.29, 1.82) is 0 Å². The molecular formula is C28H27N3O3. The molecule has 5 rings (SSSR count). The number of hydrogen-bond donors (Lipinski definition) is 1. The van der Waals surface area contributed by atoms with Crippen LogP contribution >= 0.6 is 0 Å². The summed E-state index contributed by atoms with van der Waals surface area (Å²) in [6.45, 7) is 4.22. The number of nitrogens with zero attached hydrogens (tertiary/aromatic N) is 2. The van der Waals surface area contributed by atoms with Crippen molar-refractivity contribution in [1.82, 2.24) is 15.0 Å². The zero-order valence-corrected chi connectivity index (χ0v) is 19.4. The summed E-state index contributed by atoms with van der Waals surface area (Å²) < 4.78 is 12.9. The van der Waals surface area contributed by atoms with Crippen molar-refractivity contribution >= 4 is 5.78 Å². The summed E-state index contributed by atoms with van der Waals surface area (Å²) in [5.74, 6) is 2.22. The molecule has 0 fully saturated rings. The summed E-state index contributed by atoms with van der Waals surface area (Å²) in [6.07, 6.45) is 7.44. The maximum atomic E-state index is 12.6. The van der Waals surface area contributed by atoms with Crippen LogP contribution in [-0.2, 0) is 18.6 Å².